The van der Waals surface area contributed by atoms with Gasteiger partial charge in [0.2, 0.25) is 5.91 Å². The molecule has 0 aliphatic heterocycles. The van der Waals surface area contributed by atoms with Crippen LogP contribution < -0.4 is 5.32 Å². The molecule has 0 saturated heterocycles. The van der Waals surface area contributed by atoms with E-state index in [1.54, 1.807) is 0 Å². The molecule has 1 aliphatic carbocycles. The van der Waals surface area contributed by atoms with Gasteiger partial charge in [-0.3, -0.25) is 4.79 Å². The van der Waals surface area contributed by atoms with Crippen molar-refractivity contribution in [2.75, 3.05) is 12.3 Å². The van der Waals surface area contributed by atoms with Gasteiger partial charge in [-0.1, -0.05) is 42.1 Å². The van der Waals surface area contributed by atoms with Crippen LogP contribution in [0.5, 0.6) is 0 Å². The summed E-state index contributed by atoms with van der Waals surface area (Å²) in [6.07, 6.45) is 2.50. The molecule has 0 atom stereocenters. The zero-order valence-electron chi connectivity index (χ0n) is 12.7. The average Bonchev–Trinajstić information content (AvgIpc) is 3.29. The third-order valence-corrected chi connectivity index (χ3v) is 4.65. The molecule has 22 heavy (non-hydrogen) atoms. The standard InChI is InChI=1S/C16H20N4OS/c1-2-20-15(13-6-4-3-5-7-13)18-19-16(20)22-11-14(21)17-10-12-8-9-12/h3-7,12H,2,8-11H2,1H3,(H,17,21). The Hall–Kier alpha value is -1.82. The topological polar surface area (TPSA) is 59.8 Å². The van der Waals surface area contributed by atoms with Crippen molar-refractivity contribution in [3.8, 4) is 11.4 Å². The minimum Gasteiger partial charge on any atom is -0.355 e. The quantitative estimate of drug-likeness (QED) is 0.798. The third kappa shape index (κ3) is 3.68. The van der Waals surface area contributed by atoms with Crippen molar-refractivity contribution in [3.05, 3.63) is 30.3 Å². The summed E-state index contributed by atoms with van der Waals surface area (Å²) in [5.74, 6) is 2.02. The Kier molecular flexibility index (Phi) is 4.77. The molecular formula is C16H20N4OS. The van der Waals surface area contributed by atoms with Crippen molar-refractivity contribution >= 4 is 17.7 Å². The van der Waals surface area contributed by atoms with Crippen LogP contribution in [0.4, 0.5) is 0 Å². The molecule has 0 radical (unpaired) electrons. The highest BCUT2D eigenvalue weighted by Gasteiger charge is 2.21. The monoisotopic (exact) mass is 316 g/mol. The summed E-state index contributed by atoms with van der Waals surface area (Å²) >= 11 is 1.44. The van der Waals surface area contributed by atoms with Gasteiger partial charge in [0.25, 0.3) is 0 Å². The van der Waals surface area contributed by atoms with E-state index in [9.17, 15) is 4.79 Å². The van der Waals surface area contributed by atoms with E-state index in [1.165, 1.54) is 24.6 Å². The summed E-state index contributed by atoms with van der Waals surface area (Å²) in [5, 5.41) is 12.3. The Morgan fingerprint density at radius 2 is 2.09 bits per heavy atom. The number of hydrogen-bond donors (Lipinski definition) is 1. The number of carbonyl (C=O) groups excluding carboxylic acids is 1. The largest absolute Gasteiger partial charge is 0.355 e. The van der Waals surface area contributed by atoms with Crippen molar-refractivity contribution < 1.29 is 4.79 Å². The highest BCUT2D eigenvalue weighted by atomic mass is 32.2. The first-order valence-electron chi connectivity index (χ1n) is 7.66. The molecule has 0 bridgehead atoms. The highest BCUT2D eigenvalue weighted by Crippen LogP contribution is 2.27. The predicted molar refractivity (Wildman–Crippen MR) is 87.6 cm³/mol. The van der Waals surface area contributed by atoms with Crippen LogP contribution in [0.3, 0.4) is 0 Å². The highest BCUT2D eigenvalue weighted by molar-refractivity contribution is 7.99. The summed E-state index contributed by atoms with van der Waals surface area (Å²) in [7, 11) is 0. The number of rotatable bonds is 7. The molecular weight excluding hydrogens is 296 g/mol. The van der Waals surface area contributed by atoms with Crippen LogP contribution in [0.2, 0.25) is 0 Å². The Morgan fingerprint density at radius 1 is 1.32 bits per heavy atom. The van der Waals surface area contributed by atoms with E-state index < -0.39 is 0 Å². The lowest BCUT2D eigenvalue weighted by atomic mass is 10.2. The molecule has 2 aromatic rings. The third-order valence-electron chi connectivity index (χ3n) is 3.68. The number of nitrogens with one attached hydrogen (secondary N) is 1. The van der Waals surface area contributed by atoms with Gasteiger partial charge >= 0.3 is 0 Å². The molecule has 1 N–H and O–H groups in total. The first-order chi connectivity index (χ1) is 10.8. The lowest BCUT2D eigenvalue weighted by Crippen LogP contribution is -2.27. The molecule has 0 spiro atoms. The van der Waals surface area contributed by atoms with E-state index in [0.717, 1.165) is 29.6 Å². The van der Waals surface area contributed by atoms with Crippen LogP contribution in [-0.2, 0) is 11.3 Å². The number of nitrogens with zero attached hydrogens (tertiary/aromatic N) is 3. The normalized spacial score (nSPS) is 14.0. The Bertz CT molecular complexity index is 637. The van der Waals surface area contributed by atoms with E-state index in [0.29, 0.717) is 11.7 Å². The van der Waals surface area contributed by atoms with Gasteiger partial charge in [-0.15, -0.1) is 10.2 Å². The number of aromatic nitrogens is 3. The molecule has 1 aromatic heterocycles. The molecule has 1 aromatic carbocycles. The average molecular weight is 316 g/mol. The van der Waals surface area contributed by atoms with Crippen LogP contribution in [0.1, 0.15) is 19.8 Å². The number of carbonyl (C=O) groups is 1. The van der Waals surface area contributed by atoms with Gasteiger partial charge in [-0.25, -0.2) is 0 Å². The van der Waals surface area contributed by atoms with Gasteiger partial charge in [-0.2, -0.15) is 0 Å². The summed E-state index contributed by atoms with van der Waals surface area (Å²) in [6.45, 7) is 3.66. The van der Waals surface area contributed by atoms with Crippen molar-refractivity contribution in [2.24, 2.45) is 5.92 Å². The van der Waals surface area contributed by atoms with Gasteiger partial charge in [0, 0.05) is 18.7 Å². The van der Waals surface area contributed by atoms with Crippen molar-refractivity contribution in [1.29, 1.82) is 0 Å². The zero-order chi connectivity index (χ0) is 15.4. The van der Waals surface area contributed by atoms with Crippen molar-refractivity contribution in [1.82, 2.24) is 20.1 Å². The first kappa shape index (κ1) is 15.1. The van der Waals surface area contributed by atoms with Crippen LogP contribution in [0, 0.1) is 5.92 Å². The number of hydrogen-bond acceptors (Lipinski definition) is 4. The van der Waals surface area contributed by atoms with Crippen molar-refractivity contribution in [3.63, 3.8) is 0 Å². The van der Waals surface area contributed by atoms with E-state index in [-0.39, 0.29) is 5.91 Å². The van der Waals surface area contributed by atoms with Gasteiger partial charge in [-0.05, 0) is 25.7 Å². The first-order valence-corrected chi connectivity index (χ1v) is 8.64. The SMILES string of the molecule is CCn1c(SCC(=O)NCC2CC2)nnc1-c1ccccc1. The summed E-state index contributed by atoms with van der Waals surface area (Å²) in [6, 6.07) is 10.0. The van der Waals surface area contributed by atoms with Gasteiger partial charge in [0.15, 0.2) is 11.0 Å². The molecule has 1 heterocycles. The Morgan fingerprint density at radius 3 is 2.77 bits per heavy atom. The fraction of sp³-hybridized carbons (Fsp3) is 0.438. The molecule has 0 unspecified atom stereocenters. The van der Waals surface area contributed by atoms with E-state index in [2.05, 4.69) is 22.4 Å². The van der Waals surface area contributed by atoms with Crippen LogP contribution in [0.25, 0.3) is 11.4 Å². The number of thioether (sulfide) groups is 1. The minimum absolute atomic E-state index is 0.0730. The zero-order valence-corrected chi connectivity index (χ0v) is 13.5. The fourth-order valence-corrected chi connectivity index (χ4v) is 3.07. The predicted octanol–water partition coefficient (Wildman–Crippen LogP) is 2.58. The lowest BCUT2D eigenvalue weighted by Gasteiger charge is -2.07. The molecule has 1 amide bonds. The minimum atomic E-state index is 0.0730. The maximum atomic E-state index is 11.8. The second-order valence-electron chi connectivity index (χ2n) is 5.45. The molecule has 1 fully saturated rings. The van der Waals surface area contributed by atoms with Gasteiger partial charge in [0.1, 0.15) is 0 Å². The van der Waals surface area contributed by atoms with Gasteiger partial charge in [0.05, 0.1) is 5.75 Å². The summed E-state index contributed by atoms with van der Waals surface area (Å²) < 4.78 is 2.05. The van der Waals surface area contributed by atoms with E-state index in [1.807, 2.05) is 34.9 Å². The van der Waals surface area contributed by atoms with Crippen LogP contribution >= 0.6 is 11.8 Å². The Balaban J connectivity index is 1.63. The van der Waals surface area contributed by atoms with E-state index >= 15 is 0 Å². The van der Waals surface area contributed by atoms with Crippen LogP contribution in [-0.4, -0.2) is 33.0 Å². The van der Waals surface area contributed by atoms with Crippen molar-refractivity contribution in [2.45, 2.75) is 31.5 Å². The summed E-state index contributed by atoms with van der Waals surface area (Å²) in [5.41, 5.74) is 1.04. The maximum absolute atomic E-state index is 11.8. The van der Waals surface area contributed by atoms with Crippen LogP contribution in [0.15, 0.2) is 35.5 Å². The Labute approximate surface area is 134 Å². The molecule has 3 rings (SSSR count). The van der Waals surface area contributed by atoms with Gasteiger partial charge < -0.3 is 9.88 Å². The number of amides is 1. The number of benzene rings is 1. The maximum Gasteiger partial charge on any atom is 0.230 e. The fourth-order valence-electron chi connectivity index (χ4n) is 2.24. The second kappa shape index (κ2) is 6.96. The molecule has 1 aliphatic rings. The van der Waals surface area contributed by atoms with E-state index in [4.69, 9.17) is 0 Å². The second-order valence-corrected chi connectivity index (χ2v) is 6.40. The molecule has 6 heteroatoms. The molecule has 116 valence electrons. The smallest absolute Gasteiger partial charge is 0.230 e. The molecule has 1 saturated carbocycles. The lowest BCUT2D eigenvalue weighted by molar-refractivity contribution is -0.118. The summed E-state index contributed by atoms with van der Waals surface area (Å²) in [4.78, 5) is 11.8. The molecule has 5 nitrogen and oxygen atoms in total.